The molecule has 22 heavy (non-hydrogen) atoms. The summed E-state index contributed by atoms with van der Waals surface area (Å²) >= 11 is 5.12. The van der Waals surface area contributed by atoms with Gasteiger partial charge in [0.15, 0.2) is 4.80 Å². The Hall–Kier alpha value is -1.72. The van der Waals surface area contributed by atoms with Gasteiger partial charge in [-0.3, -0.25) is 4.79 Å². The molecule has 2 aromatic carbocycles. The second kappa shape index (κ2) is 6.18. The van der Waals surface area contributed by atoms with Crippen LogP contribution in [0.2, 0.25) is 0 Å². The van der Waals surface area contributed by atoms with Crippen LogP contribution in [0.3, 0.4) is 0 Å². The van der Waals surface area contributed by atoms with E-state index in [-0.39, 0.29) is 5.91 Å². The van der Waals surface area contributed by atoms with E-state index in [0.717, 1.165) is 31.6 Å². The quantitative estimate of drug-likeness (QED) is 0.648. The van der Waals surface area contributed by atoms with Gasteiger partial charge in [0.1, 0.15) is 0 Å². The number of aryl methyl sites for hydroxylation is 2. The first-order valence-electron chi connectivity index (χ1n) is 7.04. The molecule has 0 radical (unpaired) electrons. The number of carbonyl (C=O) groups is 1. The second-order valence-corrected chi connectivity index (χ2v) is 6.81. The molecule has 0 fully saturated rings. The largest absolute Gasteiger partial charge is 0.316 e. The Morgan fingerprint density at radius 2 is 2.00 bits per heavy atom. The number of hydrogen-bond acceptors (Lipinski definition) is 2. The van der Waals surface area contributed by atoms with E-state index in [2.05, 4.69) is 32.4 Å². The summed E-state index contributed by atoms with van der Waals surface area (Å²) in [6.07, 6.45) is 0. The van der Waals surface area contributed by atoms with Gasteiger partial charge in [-0.05, 0) is 53.5 Å². The molecule has 0 aliphatic heterocycles. The normalized spacial score (nSPS) is 12.0. The zero-order valence-corrected chi connectivity index (χ0v) is 14.7. The second-order valence-electron chi connectivity index (χ2n) is 4.95. The van der Waals surface area contributed by atoms with Gasteiger partial charge in [0, 0.05) is 16.6 Å². The number of rotatable bonds is 2. The summed E-state index contributed by atoms with van der Waals surface area (Å²) < 4.78 is 4.21. The summed E-state index contributed by atoms with van der Waals surface area (Å²) in [5, 5.41) is 0. The molecule has 0 aliphatic rings. The fraction of sp³-hybridized carbons (Fsp3) is 0.176. The Morgan fingerprint density at radius 1 is 1.23 bits per heavy atom. The van der Waals surface area contributed by atoms with Crippen molar-refractivity contribution in [1.29, 1.82) is 0 Å². The standard InChI is InChI=1S/C17H15BrN2OS/c1-3-20-15-13(18)9-6-10-14(15)22-17(20)19-16(21)12-8-5-4-7-11(12)2/h4-10H,3H2,1-2H3. The van der Waals surface area contributed by atoms with Crippen LogP contribution >= 0.6 is 27.3 Å². The Bertz CT molecular complexity index is 924. The molecule has 1 aromatic heterocycles. The number of amides is 1. The van der Waals surface area contributed by atoms with E-state index in [0.29, 0.717) is 5.56 Å². The van der Waals surface area contributed by atoms with Crippen LogP contribution < -0.4 is 4.80 Å². The van der Waals surface area contributed by atoms with Crippen LogP contribution in [0.4, 0.5) is 0 Å². The molecule has 0 unspecified atom stereocenters. The van der Waals surface area contributed by atoms with Crippen LogP contribution in [0, 0.1) is 6.92 Å². The zero-order valence-electron chi connectivity index (χ0n) is 12.3. The smallest absolute Gasteiger partial charge is 0.279 e. The van der Waals surface area contributed by atoms with Crippen molar-refractivity contribution in [3.05, 3.63) is 62.9 Å². The first-order chi connectivity index (χ1) is 10.6. The van der Waals surface area contributed by atoms with Crippen molar-refractivity contribution in [2.45, 2.75) is 20.4 Å². The maximum Gasteiger partial charge on any atom is 0.279 e. The van der Waals surface area contributed by atoms with Crippen molar-refractivity contribution in [2.24, 2.45) is 4.99 Å². The van der Waals surface area contributed by atoms with Gasteiger partial charge >= 0.3 is 0 Å². The fourth-order valence-electron chi connectivity index (χ4n) is 2.43. The van der Waals surface area contributed by atoms with E-state index in [1.807, 2.05) is 49.4 Å². The Balaban J connectivity index is 2.20. The van der Waals surface area contributed by atoms with Crippen LogP contribution in [-0.4, -0.2) is 10.5 Å². The van der Waals surface area contributed by atoms with Crippen LogP contribution in [-0.2, 0) is 6.54 Å². The number of aromatic nitrogens is 1. The van der Waals surface area contributed by atoms with Gasteiger partial charge in [0.05, 0.1) is 10.2 Å². The molecule has 0 saturated heterocycles. The number of para-hydroxylation sites is 1. The van der Waals surface area contributed by atoms with Gasteiger partial charge in [-0.25, -0.2) is 0 Å². The van der Waals surface area contributed by atoms with Crippen LogP contribution in [0.25, 0.3) is 10.2 Å². The lowest BCUT2D eigenvalue weighted by Crippen LogP contribution is -2.16. The third kappa shape index (κ3) is 2.66. The molecule has 1 heterocycles. The van der Waals surface area contributed by atoms with Gasteiger partial charge in [-0.2, -0.15) is 4.99 Å². The van der Waals surface area contributed by atoms with Crippen molar-refractivity contribution >= 4 is 43.4 Å². The minimum Gasteiger partial charge on any atom is -0.316 e. The third-order valence-electron chi connectivity index (χ3n) is 3.54. The van der Waals surface area contributed by atoms with E-state index in [1.54, 1.807) is 0 Å². The molecule has 1 amide bonds. The SMILES string of the molecule is CCn1c(=NC(=O)c2ccccc2C)sc2cccc(Br)c21. The zero-order chi connectivity index (χ0) is 15.7. The molecule has 0 bridgehead atoms. The maximum absolute atomic E-state index is 12.5. The number of hydrogen-bond donors (Lipinski definition) is 0. The summed E-state index contributed by atoms with van der Waals surface area (Å²) in [7, 11) is 0. The highest BCUT2D eigenvalue weighted by atomic mass is 79.9. The molecule has 0 N–H and O–H groups in total. The first kappa shape index (κ1) is 15.2. The molecule has 112 valence electrons. The Morgan fingerprint density at radius 3 is 2.73 bits per heavy atom. The van der Waals surface area contributed by atoms with Gasteiger partial charge in [-0.15, -0.1) is 0 Å². The molecule has 0 aliphatic carbocycles. The van der Waals surface area contributed by atoms with Crippen molar-refractivity contribution < 1.29 is 4.79 Å². The predicted molar refractivity (Wildman–Crippen MR) is 94.3 cm³/mol. The third-order valence-corrected chi connectivity index (χ3v) is 5.22. The molecule has 3 nitrogen and oxygen atoms in total. The average molecular weight is 375 g/mol. The number of thiazole rings is 1. The van der Waals surface area contributed by atoms with E-state index in [9.17, 15) is 4.79 Å². The molecule has 0 spiro atoms. The molecule has 3 rings (SSSR count). The van der Waals surface area contributed by atoms with Crippen LogP contribution in [0.1, 0.15) is 22.8 Å². The van der Waals surface area contributed by atoms with Crippen molar-refractivity contribution in [1.82, 2.24) is 4.57 Å². The van der Waals surface area contributed by atoms with E-state index < -0.39 is 0 Å². The lowest BCUT2D eigenvalue weighted by Gasteiger charge is -2.03. The maximum atomic E-state index is 12.5. The van der Waals surface area contributed by atoms with Crippen LogP contribution in [0.15, 0.2) is 51.9 Å². The van der Waals surface area contributed by atoms with Gasteiger partial charge in [0.2, 0.25) is 0 Å². The van der Waals surface area contributed by atoms with Gasteiger partial charge in [-0.1, -0.05) is 35.6 Å². The van der Waals surface area contributed by atoms with Crippen molar-refractivity contribution in [3.8, 4) is 0 Å². The summed E-state index contributed by atoms with van der Waals surface area (Å²) in [5.74, 6) is -0.192. The predicted octanol–water partition coefficient (Wildman–Crippen LogP) is 4.53. The summed E-state index contributed by atoms with van der Waals surface area (Å²) in [6, 6.07) is 13.6. The summed E-state index contributed by atoms with van der Waals surface area (Å²) in [5.41, 5.74) is 2.69. The number of nitrogens with zero attached hydrogens (tertiary/aromatic N) is 2. The minimum atomic E-state index is -0.192. The first-order valence-corrected chi connectivity index (χ1v) is 8.65. The number of halogens is 1. The average Bonchev–Trinajstić information content (AvgIpc) is 2.86. The number of carbonyl (C=O) groups excluding carboxylic acids is 1. The topological polar surface area (TPSA) is 34.4 Å². The summed E-state index contributed by atoms with van der Waals surface area (Å²) in [6.45, 7) is 4.75. The van der Waals surface area contributed by atoms with E-state index in [1.165, 1.54) is 11.3 Å². The lowest BCUT2D eigenvalue weighted by atomic mass is 10.1. The highest BCUT2D eigenvalue weighted by molar-refractivity contribution is 9.10. The molecular weight excluding hydrogens is 360 g/mol. The molecule has 0 atom stereocenters. The lowest BCUT2D eigenvalue weighted by molar-refractivity contribution is 0.0997. The van der Waals surface area contributed by atoms with Crippen molar-refractivity contribution in [3.63, 3.8) is 0 Å². The summed E-state index contributed by atoms with van der Waals surface area (Å²) in [4.78, 5) is 17.6. The van der Waals surface area contributed by atoms with Gasteiger partial charge < -0.3 is 4.57 Å². The molecule has 0 saturated carbocycles. The molecule has 5 heteroatoms. The highest BCUT2D eigenvalue weighted by Gasteiger charge is 2.11. The molecular formula is C17H15BrN2OS. The monoisotopic (exact) mass is 374 g/mol. The minimum absolute atomic E-state index is 0.192. The highest BCUT2D eigenvalue weighted by Crippen LogP contribution is 2.25. The van der Waals surface area contributed by atoms with Gasteiger partial charge in [0.25, 0.3) is 5.91 Å². The van der Waals surface area contributed by atoms with Crippen LogP contribution in [0.5, 0.6) is 0 Å². The number of benzene rings is 2. The van der Waals surface area contributed by atoms with E-state index in [4.69, 9.17) is 0 Å². The number of fused-ring (bicyclic) bond motifs is 1. The van der Waals surface area contributed by atoms with Crippen molar-refractivity contribution in [2.75, 3.05) is 0 Å². The molecule has 3 aromatic rings. The Labute approximate surface area is 141 Å². The fourth-order valence-corrected chi connectivity index (χ4v) is 4.26. The Kier molecular flexibility index (Phi) is 4.27. The van der Waals surface area contributed by atoms with E-state index >= 15 is 0 Å².